The van der Waals surface area contributed by atoms with Crippen LogP contribution in [0.4, 0.5) is 0 Å². The van der Waals surface area contributed by atoms with E-state index in [0.29, 0.717) is 12.1 Å². The molecule has 0 fully saturated rings. The Morgan fingerprint density at radius 3 is 2.75 bits per heavy atom. The lowest BCUT2D eigenvalue weighted by Crippen LogP contribution is -2.25. The first-order valence-electron chi connectivity index (χ1n) is 8.14. The Balaban J connectivity index is 2.32. The molecule has 2 atom stereocenters. The quantitative estimate of drug-likeness (QED) is 0.740. The number of carboxylic acids is 1. The molecule has 1 aromatic heterocycles. The van der Waals surface area contributed by atoms with E-state index in [9.17, 15) is 15.0 Å². The number of pyridine rings is 1. The monoisotopic (exact) mass is 326 g/mol. The van der Waals surface area contributed by atoms with Crippen LogP contribution < -0.4 is 0 Å². The summed E-state index contributed by atoms with van der Waals surface area (Å²) in [5.74, 6) is -0.835. The second-order valence-corrected chi connectivity index (χ2v) is 6.39. The molecule has 1 heterocycles. The van der Waals surface area contributed by atoms with E-state index in [2.05, 4.69) is 4.98 Å². The van der Waals surface area contributed by atoms with E-state index in [1.165, 1.54) is 0 Å². The van der Waals surface area contributed by atoms with Gasteiger partial charge >= 0.3 is 5.97 Å². The van der Waals surface area contributed by atoms with Crippen LogP contribution >= 0.6 is 0 Å². The molecule has 0 aliphatic rings. The van der Waals surface area contributed by atoms with Crippen molar-refractivity contribution in [2.24, 2.45) is 5.41 Å². The molecule has 24 heavy (non-hydrogen) atoms. The Kier molecular flexibility index (Phi) is 5.62. The number of carboxylic acid groups (broad SMARTS) is 1. The SMILES string of the molecule is C[CH+]CCC(C)(/C=C/c1cc2cc([C@@H](C)O)ccc2cn1)C(=O)O. The fourth-order valence-electron chi connectivity index (χ4n) is 2.50. The smallest absolute Gasteiger partial charge is 0.313 e. The van der Waals surface area contributed by atoms with E-state index in [4.69, 9.17) is 0 Å². The van der Waals surface area contributed by atoms with Gasteiger partial charge in [-0.3, -0.25) is 9.78 Å². The summed E-state index contributed by atoms with van der Waals surface area (Å²) in [6.45, 7) is 5.38. The standard InChI is InChI=1S/C20H23NO3/c1-4-5-9-20(3,19(23)24)10-8-18-12-17-11-15(14(2)22)6-7-16(17)13-21-18/h4,6-8,10-14,22H,5,9H2,1-3H3/p+1/b10-8+/t14-,20?/m1/s1. The van der Waals surface area contributed by atoms with Gasteiger partial charge in [0.1, 0.15) is 0 Å². The summed E-state index contributed by atoms with van der Waals surface area (Å²) in [5, 5.41) is 21.2. The number of aliphatic hydroxyl groups excluding tert-OH is 1. The molecule has 126 valence electrons. The van der Waals surface area contributed by atoms with Crippen LogP contribution in [0.3, 0.4) is 0 Å². The molecule has 4 heteroatoms. The van der Waals surface area contributed by atoms with Crippen LogP contribution in [0.15, 0.2) is 36.5 Å². The van der Waals surface area contributed by atoms with Crippen molar-refractivity contribution >= 4 is 22.8 Å². The van der Waals surface area contributed by atoms with Crippen molar-refractivity contribution in [2.75, 3.05) is 0 Å². The molecule has 0 aliphatic heterocycles. The molecule has 0 radical (unpaired) electrons. The van der Waals surface area contributed by atoms with E-state index in [1.807, 2.05) is 37.6 Å². The molecule has 0 saturated heterocycles. The maximum atomic E-state index is 11.6. The molecule has 0 bridgehead atoms. The summed E-state index contributed by atoms with van der Waals surface area (Å²) in [5.41, 5.74) is 0.639. The fourth-order valence-corrected chi connectivity index (χ4v) is 2.50. The molecule has 0 spiro atoms. The highest BCUT2D eigenvalue weighted by Crippen LogP contribution is 2.28. The van der Waals surface area contributed by atoms with Gasteiger partial charge in [0.2, 0.25) is 0 Å². The number of unbranched alkanes of at least 4 members (excludes halogenated alkanes) is 1. The highest BCUT2D eigenvalue weighted by molar-refractivity contribution is 5.84. The van der Waals surface area contributed by atoms with Gasteiger partial charge in [-0.25, -0.2) is 0 Å². The molecule has 1 unspecified atom stereocenters. The number of hydrogen-bond donors (Lipinski definition) is 2. The summed E-state index contributed by atoms with van der Waals surface area (Å²) < 4.78 is 0. The van der Waals surface area contributed by atoms with Gasteiger partial charge in [0.05, 0.1) is 37.0 Å². The number of aliphatic carboxylic acids is 1. The van der Waals surface area contributed by atoms with Crippen LogP contribution in [0.25, 0.3) is 16.8 Å². The van der Waals surface area contributed by atoms with Crippen molar-refractivity contribution in [1.29, 1.82) is 0 Å². The van der Waals surface area contributed by atoms with Gasteiger partial charge in [-0.15, -0.1) is 0 Å². The average molecular weight is 326 g/mol. The molecule has 2 N–H and O–H groups in total. The minimum absolute atomic E-state index is 0.526. The molecule has 0 saturated carbocycles. The van der Waals surface area contributed by atoms with Gasteiger partial charge in [0, 0.05) is 18.0 Å². The normalized spacial score (nSPS) is 15.3. The predicted molar refractivity (Wildman–Crippen MR) is 96.4 cm³/mol. The third-order valence-electron chi connectivity index (χ3n) is 4.31. The highest BCUT2D eigenvalue weighted by atomic mass is 16.4. The summed E-state index contributed by atoms with van der Waals surface area (Å²) >= 11 is 0. The van der Waals surface area contributed by atoms with Gasteiger partial charge in [0.15, 0.2) is 0 Å². The lowest BCUT2D eigenvalue weighted by Gasteiger charge is -2.18. The molecule has 2 aromatic rings. The topological polar surface area (TPSA) is 70.4 Å². The van der Waals surface area contributed by atoms with Crippen molar-refractivity contribution in [3.8, 4) is 0 Å². The molecule has 0 amide bonds. The van der Waals surface area contributed by atoms with Crippen LogP contribution in [0.5, 0.6) is 0 Å². The molecular weight excluding hydrogens is 302 g/mol. The average Bonchev–Trinajstić information content (AvgIpc) is 2.57. The molecular formula is C20H24NO3+. The largest absolute Gasteiger partial charge is 0.481 e. The number of fused-ring (bicyclic) bond motifs is 1. The van der Waals surface area contributed by atoms with Crippen LogP contribution in [-0.2, 0) is 4.79 Å². The second-order valence-electron chi connectivity index (χ2n) is 6.39. The zero-order valence-corrected chi connectivity index (χ0v) is 14.4. The van der Waals surface area contributed by atoms with Crippen molar-refractivity contribution in [2.45, 2.75) is 39.7 Å². The van der Waals surface area contributed by atoms with Gasteiger partial charge in [-0.1, -0.05) is 18.2 Å². The van der Waals surface area contributed by atoms with Gasteiger partial charge < -0.3 is 10.2 Å². The fraction of sp³-hybridized carbons (Fsp3) is 0.350. The Labute approximate surface area is 142 Å². The zero-order valence-electron chi connectivity index (χ0n) is 14.4. The maximum Gasteiger partial charge on any atom is 0.313 e. The Bertz CT molecular complexity index is 752. The third kappa shape index (κ3) is 4.15. The van der Waals surface area contributed by atoms with Crippen LogP contribution in [0.1, 0.15) is 51.0 Å². The van der Waals surface area contributed by atoms with Crippen molar-refractivity contribution in [1.82, 2.24) is 4.98 Å². The van der Waals surface area contributed by atoms with Gasteiger partial charge in [0.25, 0.3) is 0 Å². The van der Waals surface area contributed by atoms with E-state index in [0.717, 1.165) is 22.8 Å². The summed E-state index contributed by atoms with van der Waals surface area (Å²) in [4.78, 5) is 15.9. The summed E-state index contributed by atoms with van der Waals surface area (Å²) in [7, 11) is 0. The van der Waals surface area contributed by atoms with E-state index in [1.54, 1.807) is 32.2 Å². The van der Waals surface area contributed by atoms with Crippen LogP contribution in [0, 0.1) is 11.8 Å². The first-order valence-corrected chi connectivity index (χ1v) is 8.14. The summed E-state index contributed by atoms with van der Waals surface area (Å²) in [6, 6.07) is 7.65. The predicted octanol–water partition coefficient (Wildman–Crippen LogP) is 4.40. The number of nitrogens with zero attached hydrogens (tertiary/aromatic N) is 1. The molecule has 0 aliphatic carbocycles. The zero-order chi connectivity index (χ0) is 17.7. The van der Waals surface area contributed by atoms with Gasteiger partial charge in [-0.2, -0.15) is 0 Å². The van der Waals surface area contributed by atoms with E-state index >= 15 is 0 Å². The molecule has 4 nitrogen and oxygen atoms in total. The summed E-state index contributed by atoms with van der Waals surface area (Å²) in [6.07, 6.45) is 7.98. The molecule has 2 rings (SSSR count). The number of benzene rings is 1. The number of rotatable bonds is 7. The second kappa shape index (κ2) is 7.49. The highest BCUT2D eigenvalue weighted by Gasteiger charge is 2.30. The lowest BCUT2D eigenvalue weighted by molar-refractivity contribution is -0.145. The lowest BCUT2D eigenvalue weighted by atomic mass is 9.84. The van der Waals surface area contributed by atoms with Crippen molar-refractivity contribution in [3.05, 3.63) is 54.2 Å². The first-order chi connectivity index (χ1) is 11.4. The van der Waals surface area contributed by atoms with Crippen LogP contribution in [0.2, 0.25) is 0 Å². The first kappa shape index (κ1) is 18.0. The minimum atomic E-state index is -0.912. The molecule has 1 aromatic carbocycles. The number of aromatic nitrogens is 1. The number of aliphatic hydroxyl groups is 1. The van der Waals surface area contributed by atoms with Crippen molar-refractivity contribution in [3.63, 3.8) is 0 Å². The van der Waals surface area contributed by atoms with E-state index in [-0.39, 0.29) is 0 Å². The van der Waals surface area contributed by atoms with Crippen LogP contribution in [-0.4, -0.2) is 21.2 Å². The Morgan fingerprint density at radius 2 is 2.12 bits per heavy atom. The number of hydrogen-bond acceptors (Lipinski definition) is 3. The minimum Gasteiger partial charge on any atom is -0.481 e. The Morgan fingerprint density at radius 1 is 1.38 bits per heavy atom. The Hall–Kier alpha value is -2.33. The maximum absolute atomic E-state index is 11.6. The van der Waals surface area contributed by atoms with E-state index < -0.39 is 17.5 Å². The van der Waals surface area contributed by atoms with Gasteiger partial charge in [-0.05, 0) is 43.0 Å². The third-order valence-corrected chi connectivity index (χ3v) is 4.31. The van der Waals surface area contributed by atoms with Crippen molar-refractivity contribution < 1.29 is 15.0 Å². The number of carbonyl (C=O) groups is 1.